The summed E-state index contributed by atoms with van der Waals surface area (Å²) in [5.41, 5.74) is 2.23. The van der Waals surface area contributed by atoms with Crippen molar-refractivity contribution in [1.29, 1.82) is 0 Å². The Balaban J connectivity index is 1.56. The summed E-state index contributed by atoms with van der Waals surface area (Å²) >= 11 is 0. The molecule has 0 N–H and O–H groups in total. The van der Waals surface area contributed by atoms with Gasteiger partial charge in [-0.1, -0.05) is 30.3 Å². The molecule has 0 unspecified atom stereocenters. The lowest BCUT2D eigenvalue weighted by Crippen LogP contribution is -2.41. The fraction of sp³-hybridized carbons (Fsp3) is 0.286. The molecule has 0 saturated carbocycles. The molecule has 0 aliphatic carbocycles. The van der Waals surface area contributed by atoms with Crippen LogP contribution in [0.2, 0.25) is 0 Å². The SMILES string of the molecule is O=c1oc2c3c(ccc2cc1-c1ccccc1)OCN([C@@H]1CCS(=O)(=O)C1)C3. The zero-order valence-electron chi connectivity index (χ0n) is 15.1. The predicted molar refractivity (Wildman–Crippen MR) is 106 cm³/mol. The van der Waals surface area contributed by atoms with E-state index in [-0.39, 0.29) is 17.5 Å². The molecule has 3 aromatic rings. The maximum absolute atomic E-state index is 12.6. The van der Waals surface area contributed by atoms with Gasteiger partial charge in [0.2, 0.25) is 0 Å². The van der Waals surface area contributed by atoms with E-state index >= 15 is 0 Å². The van der Waals surface area contributed by atoms with Crippen LogP contribution in [0, 0.1) is 0 Å². The highest BCUT2D eigenvalue weighted by atomic mass is 32.2. The summed E-state index contributed by atoms with van der Waals surface area (Å²) in [7, 11) is -2.98. The van der Waals surface area contributed by atoms with Crippen LogP contribution in [0.15, 0.2) is 57.7 Å². The summed E-state index contributed by atoms with van der Waals surface area (Å²) in [6.45, 7) is 0.839. The third kappa shape index (κ3) is 3.00. The van der Waals surface area contributed by atoms with E-state index in [0.29, 0.717) is 36.6 Å². The number of sulfone groups is 1. The minimum absolute atomic E-state index is 0.0660. The van der Waals surface area contributed by atoms with Crippen molar-refractivity contribution in [3.8, 4) is 16.9 Å². The molecule has 1 saturated heterocycles. The minimum Gasteiger partial charge on any atom is -0.478 e. The second-order valence-corrected chi connectivity index (χ2v) is 9.58. The van der Waals surface area contributed by atoms with E-state index in [0.717, 1.165) is 16.5 Å². The molecule has 2 aliphatic rings. The lowest BCUT2D eigenvalue weighted by atomic mass is 10.0. The van der Waals surface area contributed by atoms with E-state index in [1.807, 2.05) is 53.4 Å². The molecule has 2 aromatic carbocycles. The Morgan fingerprint density at radius 2 is 1.89 bits per heavy atom. The quantitative estimate of drug-likeness (QED) is 0.619. The average Bonchev–Trinajstić information content (AvgIpc) is 3.07. The average molecular weight is 397 g/mol. The van der Waals surface area contributed by atoms with Gasteiger partial charge in [0.1, 0.15) is 18.1 Å². The van der Waals surface area contributed by atoms with Crippen LogP contribution >= 0.6 is 0 Å². The zero-order valence-corrected chi connectivity index (χ0v) is 15.9. The fourth-order valence-corrected chi connectivity index (χ4v) is 5.79. The van der Waals surface area contributed by atoms with Crippen LogP contribution in [-0.2, 0) is 16.4 Å². The number of ether oxygens (including phenoxy) is 1. The van der Waals surface area contributed by atoms with Crippen molar-refractivity contribution >= 4 is 20.8 Å². The molecule has 0 spiro atoms. The highest BCUT2D eigenvalue weighted by Crippen LogP contribution is 2.34. The molecule has 144 valence electrons. The van der Waals surface area contributed by atoms with Crippen LogP contribution in [0.1, 0.15) is 12.0 Å². The Kier molecular flexibility index (Phi) is 4.03. The van der Waals surface area contributed by atoms with Crippen molar-refractivity contribution in [3.63, 3.8) is 0 Å². The number of benzene rings is 2. The summed E-state index contributed by atoms with van der Waals surface area (Å²) in [6, 6.07) is 15.0. The first-order chi connectivity index (χ1) is 13.5. The van der Waals surface area contributed by atoms with Gasteiger partial charge in [0.15, 0.2) is 9.84 Å². The van der Waals surface area contributed by atoms with Crippen LogP contribution in [0.3, 0.4) is 0 Å². The molecule has 7 heteroatoms. The molecule has 1 aromatic heterocycles. The first kappa shape index (κ1) is 17.5. The number of hydrogen-bond acceptors (Lipinski definition) is 6. The topological polar surface area (TPSA) is 76.8 Å². The Morgan fingerprint density at radius 1 is 1.07 bits per heavy atom. The van der Waals surface area contributed by atoms with Gasteiger partial charge in [-0.05, 0) is 30.2 Å². The van der Waals surface area contributed by atoms with Gasteiger partial charge in [-0.3, -0.25) is 4.90 Å². The number of nitrogens with zero attached hydrogens (tertiary/aromatic N) is 1. The highest BCUT2D eigenvalue weighted by molar-refractivity contribution is 7.91. The largest absolute Gasteiger partial charge is 0.478 e. The molecule has 28 heavy (non-hydrogen) atoms. The van der Waals surface area contributed by atoms with E-state index in [4.69, 9.17) is 9.15 Å². The smallest absolute Gasteiger partial charge is 0.344 e. The highest BCUT2D eigenvalue weighted by Gasteiger charge is 2.35. The van der Waals surface area contributed by atoms with Crippen LogP contribution in [0.4, 0.5) is 0 Å². The lowest BCUT2D eigenvalue weighted by Gasteiger charge is -2.33. The molecule has 5 rings (SSSR count). The van der Waals surface area contributed by atoms with Gasteiger partial charge in [-0.25, -0.2) is 13.2 Å². The van der Waals surface area contributed by atoms with Crippen LogP contribution in [0.5, 0.6) is 5.75 Å². The normalized spacial score (nSPS) is 21.4. The predicted octanol–water partition coefficient (Wildman–Crippen LogP) is 2.80. The molecule has 0 radical (unpaired) electrons. The first-order valence-corrected chi connectivity index (χ1v) is 11.0. The molecular formula is C21H19NO5S. The standard InChI is InChI=1S/C21H19NO5S/c23-21-17(14-4-2-1-3-5-14)10-15-6-7-19-18(20(15)27-21)11-22(13-26-19)16-8-9-28(24,25)12-16/h1-7,10,16H,8-9,11-13H2/t16-/m1/s1. The Labute approximate surface area is 162 Å². The van der Waals surface area contributed by atoms with Crippen LogP contribution in [-0.4, -0.2) is 37.6 Å². The summed E-state index contributed by atoms with van der Waals surface area (Å²) in [4.78, 5) is 14.7. The van der Waals surface area contributed by atoms with Gasteiger partial charge in [-0.15, -0.1) is 0 Å². The maximum Gasteiger partial charge on any atom is 0.344 e. The molecular weight excluding hydrogens is 378 g/mol. The summed E-state index contributed by atoms with van der Waals surface area (Å²) in [5, 5.41) is 0.821. The lowest BCUT2D eigenvalue weighted by molar-refractivity contribution is 0.0649. The minimum atomic E-state index is -2.98. The van der Waals surface area contributed by atoms with Crippen molar-refractivity contribution in [1.82, 2.24) is 4.90 Å². The Hall–Kier alpha value is -2.64. The van der Waals surface area contributed by atoms with E-state index < -0.39 is 15.5 Å². The van der Waals surface area contributed by atoms with Crippen molar-refractivity contribution in [2.24, 2.45) is 0 Å². The monoisotopic (exact) mass is 397 g/mol. The van der Waals surface area contributed by atoms with Gasteiger partial charge >= 0.3 is 5.63 Å². The Morgan fingerprint density at radius 3 is 2.64 bits per heavy atom. The van der Waals surface area contributed by atoms with Gasteiger partial charge in [0.25, 0.3) is 0 Å². The van der Waals surface area contributed by atoms with Crippen molar-refractivity contribution in [2.75, 3.05) is 18.2 Å². The fourth-order valence-electron chi connectivity index (χ4n) is 4.03. The van der Waals surface area contributed by atoms with Crippen molar-refractivity contribution in [2.45, 2.75) is 19.0 Å². The number of fused-ring (bicyclic) bond motifs is 3. The van der Waals surface area contributed by atoms with Crippen molar-refractivity contribution in [3.05, 3.63) is 64.5 Å². The summed E-state index contributed by atoms with van der Waals surface area (Å²) < 4.78 is 35.2. The third-order valence-electron chi connectivity index (χ3n) is 5.52. The molecule has 1 fully saturated rings. The second-order valence-electron chi connectivity index (χ2n) is 7.35. The van der Waals surface area contributed by atoms with E-state index in [1.165, 1.54) is 0 Å². The third-order valence-corrected chi connectivity index (χ3v) is 7.27. The number of rotatable bonds is 2. The zero-order chi connectivity index (χ0) is 19.3. The van der Waals surface area contributed by atoms with Crippen LogP contribution in [0.25, 0.3) is 22.1 Å². The van der Waals surface area contributed by atoms with Gasteiger partial charge in [0.05, 0.1) is 22.6 Å². The molecule has 2 aliphatic heterocycles. The molecule has 0 amide bonds. The van der Waals surface area contributed by atoms with Gasteiger partial charge < -0.3 is 9.15 Å². The summed E-state index contributed by atoms with van der Waals surface area (Å²) in [6.07, 6.45) is 0.605. The van der Waals surface area contributed by atoms with E-state index in [2.05, 4.69) is 0 Å². The second kappa shape index (κ2) is 6.46. The van der Waals surface area contributed by atoms with E-state index in [9.17, 15) is 13.2 Å². The van der Waals surface area contributed by atoms with Gasteiger partial charge in [0, 0.05) is 18.0 Å². The molecule has 0 bridgehead atoms. The first-order valence-electron chi connectivity index (χ1n) is 9.23. The van der Waals surface area contributed by atoms with E-state index in [1.54, 1.807) is 0 Å². The summed E-state index contributed by atoms with van der Waals surface area (Å²) in [5.74, 6) is 1.05. The molecule has 3 heterocycles. The van der Waals surface area contributed by atoms with Crippen LogP contribution < -0.4 is 10.4 Å². The molecule has 1 atom stereocenters. The molecule has 6 nitrogen and oxygen atoms in total. The Bertz CT molecular complexity index is 1220. The van der Waals surface area contributed by atoms with Gasteiger partial charge in [-0.2, -0.15) is 0 Å². The maximum atomic E-state index is 12.6. The number of hydrogen-bond donors (Lipinski definition) is 0. The van der Waals surface area contributed by atoms with Crippen molar-refractivity contribution < 1.29 is 17.6 Å².